The van der Waals surface area contributed by atoms with Crippen LogP contribution in [0.3, 0.4) is 0 Å². The number of hydrogen-bond acceptors (Lipinski definition) is 5. The van der Waals surface area contributed by atoms with Gasteiger partial charge in [-0.2, -0.15) is 4.98 Å². The highest BCUT2D eigenvalue weighted by molar-refractivity contribution is 5.54. The van der Waals surface area contributed by atoms with Crippen molar-refractivity contribution in [2.45, 2.75) is 18.8 Å². The first-order valence-electron chi connectivity index (χ1n) is 6.55. The molecule has 1 aliphatic rings. The SMILES string of the molecule is COc1ccc(-c2nc([C@H]3CCCNC3)no2)cc1. The van der Waals surface area contributed by atoms with Crippen molar-refractivity contribution < 1.29 is 9.26 Å². The predicted molar refractivity (Wildman–Crippen MR) is 71.1 cm³/mol. The molecule has 1 saturated heterocycles. The molecule has 1 atom stereocenters. The minimum atomic E-state index is 0.365. The summed E-state index contributed by atoms with van der Waals surface area (Å²) in [5.41, 5.74) is 0.920. The number of hydrogen-bond donors (Lipinski definition) is 1. The second-order valence-corrected chi connectivity index (χ2v) is 4.73. The van der Waals surface area contributed by atoms with Crippen LogP contribution < -0.4 is 10.1 Å². The maximum Gasteiger partial charge on any atom is 0.257 e. The maximum absolute atomic E-state index is 5.35. The summed E-state index contributed by atoms with van der Waals surface area (Å²) in [6.07, 6.45) is 2.28. The van der Waals surface area contributed by atoms with E-state index in [4.69, 9.17) is 9.26 Å². The molecule has 1 N–H and O–H groups in total. The van der Waals surface area contributed by atoms with Crippen LogP contribution in [0.2, 0.25) is 0 Å². The van der Waals surface area contributed by atoms with Crippen molar-refractivity contribution in [3.05, 3.63) is 30.1 Å². The van der Waals surface area contributed by atoms with Gasteiger partial charge in [0, 0.05) is 18.0 Å². The lowest BCUT2D eigenvalue weighted by Crippen LogP contribution is -2.28. The number of benzene rings is 1. The van der Waals surface area contributed by atoms with Gasteiger partial charge in [-0.15, -0.1) is 0 Å². The molecule has 0 radical (unpaired) electrons. The molecule has 0 unspecified atom stereocenters. The molecule has 19 heavy (non-hydrogen) atoms. The van der Waals surface area contributed by atoms with Gasteiger partial charge >= 0.3 is 0 Å². The summed E-state index contributed by atoms with van der Waals surface area (Å²) in [4.78, 5) is 4.50. The molecule has 2 heterocycles. The Morgan fingerprint density at radius 2 is 2.16 bits per heavy atom. The van der Waals surface area contributed by atoms with E-state index in [0.717, 1.165) is 43.1 Å². The monoisotopic (exact) mass is 259 g/mol. The quantitative estimate of drug-likeness (QED) is 0.915. The molecule has 2 aromatic rings. The van der Waals surface area contributed by atoms with Crippen LogP contribution in [-0.4, -0.2) is 30.3 Å². The molecule has 1 aromatic carbocycles. The first kappa shape index (κ1) is 12.2. The van der Waals surface area contributed by atoms with Crippen molar-refractivity contribution in [2.75, 3.05) is 20.2 Å². The fraction of sp³-hybridized carbons (Fsp3) is 0.429. The number of ether oxygens (including phenoxy) is 1. The van der Waals surface area contributed by atoms with Gasteiger partial charge in [-0.05, 0) is 43.7 Å². The Hall–Kier alpha value is -1.88. The third-order valence-corrected chi connectivity index (χ3v) is 3.44. The number of rotatable bonds is 3. The van der Waals surface area contributed by atoms with Crippen LogP contribution in [0.4, 0.5) is 0 Å². The molecular weight excluding hydrogens is 242 g/mol. The minimum Gasteiger partial charge on any atom is -0.497 e. The highest BCUT2D eigenvalue weighted by Crippen LogP contribution is 2.25. The first-order chi connectivity index (χ1) is 9.36. The normalized spacial score (nSPS) is 19.3. The fourth-order valence-corrected chi connectivity index (χ4v) is 2.32. The molecule has 3 rings (SSSR count). The van der Waals surface area contributed by atoms with Crippen LogP contribution in [0, 0.1) is 0 Å². The molecule has 5 nitrogen and oxygen atoms in total. The van der Waals surface area contributed by atoms with Gasteiger partial charge < -0.3 is 14.6 Å². The van der Waals surface area contributed by atoms with Gasteiger partial charge in [-0.3, -0.25) is 0 Å². The van der Waals surface area contributed by atoms with Crippen molar-refractivity contribution in [3.63, 3.8) is 0 Å². The van der Waals surface area contributed by atoms with E-state index < -0.39 is 0 Å². The summed E-state index contributed by atoms with van der Waals surface area (Å²) in [5.74, 6) is 2.56. The summed E-state index contributed by atoms with van der Waals surface area (Å²) in [5, 5.41) is 7.46. The highest BCUT2D eigenvalue weighted by Gasteiger charge is 2.21. The van der Waals surface area contributed by atoms with E-state index in [1.807, 2.05) is 24.3 Å². The Balaban J connectivity index is 1.79. The van der Waals surface area contributed by atoms with Crippen LogP contribution >= 0.6 is 0 Å². The predicted octanol–water partition coefficient (Wildman–Crippen LogP) is 2.21. The molecule has 0 aliphatic carbocycles. The summed E-state index contributed by atoms with van der Waals surface area (Å²) in [6.45, 7) is 2.02. The zero-order valence-corrected chi connectivity index (χ0v) is 10.9. The zero-order valence-electron chi connectivity index (χ0n) is 10.9. The lowest BCUT2D eigenvalue weighted by atomic mass is 9.99. The Labute approximate surface area is 112 Å². The van der Waals surface area contributed by atoms with Crippen LogP contribution in [0.5, 0.6) is 5.75 Å². The van der Waals surface area contributed by atoms with Gasteiger partial charge in [-0.1, -0.05) is 5.16 Å². The molecule has 1 fully saturated rings. The third kappa shape index (κ3) is 2.61. The van der Waals surface area contributed by atoms with Crippen molar-refractivity contribution in [3.8, 4) is 17.2 Å². The number of methoxy groups -OCH3 is 1. The molecule has 0 saturated carbocycles. The Morgan fingerprint density at radius 3 is 2.84 bits per heavy atom. The Bertz CT molecular complexity index is 530. The average Bonchev–Trinajstić information content (AvgIpc) is 2.98. The van der Waals surface area contributed by atoms with E-state index in [2.05, 4.69) is 15.5 Å². The minimum absolute atomic E-state index is 0.365. The van der Waals surface area contributed by atoms with Gasteiger partial charge in [0.15, 0.2) is 5.82 Å². The van der Waals surface area contributed by atoms with Gasteiger partial charge in [0.2, 0.25) is 0 Å². The summed E-state index contributed by atoms with van der Waals surface area (Å²) < 4.78 is 10.5. The number of piperidine rings is 1. The van der Waals surface area contributed by atoms with Crippen LogP contribution in [0.1, 0.15) is 24.6 Å². The summed E-state index contributed by atoms with van der Waals surface area (Å²) >= 11 is 0. The fourth-order valence-electron chi connectivity index (χ4n) is 2.32. The standard InChI is InChI=1S/C14H17N3O2/c1-18-12-6-4-10(5-7-12)14-16-13(17-19-14)11-3-2-8-15-9-11/h4-7,11,15H,2-3,8-9H2,1H3/t11-/m0/s1. The van der Waals surface area contributed by atoms with E-state index in [9.17, 15) is 0 Å². The van der Waals surface area contributed by atoms with Gasteiger partial charge in [0.25, 0.3) is 5.89 Å². The van der Waals surface area contributed by atoms with Gasteiger partial charge in [0.1, 0.15) is 5.75 Å². The maximum atomic E-state index is 5.35. The van der Waals surface area contributed by atoms with E-state index in [1.54, 1.807) is 7.11 Å². The first-order valence-corrected chi connectivity index (χ1v) is 6.55. The Kier molecular flexibility index (Phi) is 3.46. The zero-order chi connectivity index (χ0) is 13.1. The van der Waals surface area contributed by atoms with E-state index in [0.29, 0.717) is 11.8 Å². The molecule has 0 spiro atoms. The Morgan fingerprint density at radius 1 is 1.32 bits per heavy atom. The molecule has 5 heteroatoms. The molecule has 0 bridgehead atoms. The van der Waals surface area contributed by atoms with Gasteiger partial charge in [0.05, 0.1) is 7.11 Å². The van der Waals surface area contributed by atoms with Crippen LogP contribution in [-0.2, 0) is 0 Å². The van der Waals surface area contributed by atoms with Crippen molar-refractivity contribution >= 4 is 0 Å². The van der Waals surface area contributed by atoms with Crippen LogP contribution in [0.25, 0.3) is 11.5 Å². The van der Waals surface area contributed by atoms with Crippen molar-refractivity contribution in [1.29, 1.82) is 0 Å². The summed E-state index contributed by atoms with van der Waals surface area (Å²) in [6, 6.07) is 7.63. The van der Waals surface area contributed by atoms with E-state index in [1.165, 1.54) is 0 Å². The number of nitrogens with one attached hydrogen (secondary N) is 1. The molecule has 100 valence electrons. The van der Waals surface area contributed by atoms with Crippen LogP contribution in [0.15, 0.2) is 28.8 Å². The van der Waals surface area contributed by atoms with Crippen molar-refractivity contribution in [2.24, 2.45) is 0 Å². The highest BCUT2D eigenvalue weighted by atomic mass is 16.5. The second kappa shape index (κ2) is 5.40. The third-order valence-electron chi connectivity index (χ3n) is 3.44. The van der Waals surface area contributed by atoms with E-state index in [-0.39, 0.29) is 0 Å². The molecule has 1 aromatic heterocycles. The van der Waals surface area contributed by atoms with Crippen molar-refractivity contribution in [1.82, 2.24) is 15.5 Å². The topological polar surface area (TPSA) is 60.2 Å². The lowest BCUT2D eigenvalue weighted by Gasteiger charge is -2.19. The largest absolute Gasteiger partial charge is 0.497 e. The van der Waals surface area contributed by atoms with Gasteiger partial charge in [-0.25, -0.2) is 0 Å². The smallest absolute Gasteiger partial charge is 0.257 e. The lowest BCUT2D eigenvalue weighted by molar-refractivity contribution is 0.393. The summed E-state index contributed by atoms with van der Waals surface area (Å²) in [7, 11) is 1.65. The molecular formula is C14H17N3O2. The molecule has 1 aliphatic heterocycles. The second-order valence-electron chi connectivity index (χ2n) is 4.73. The number of nitrogens with zero attached hydrogens (tertiary/aromatic N) is 2. The number of aromatic nitrogens is 2. The average molecular weight is 259 g/mol. The molecule has 0 amide bonds. The van der Waals surface area contributed by atoms with E-state index >= 15 is 0 Å².